The smallest absolute Gasteiger partial charge is 0.146 e. The van der Waals surface area contributed by atoms with Crippen molar-refractivity contribution in [2.24, 2.45) is 0 Å². The van der Waals surface area contributed by atoms with Crippen molar-refractivity contribution in [3.63, 3.8) is 0 Å². The summed E-state index contributed by atoms with van der Waals surface area (Å²) in [5.74, 6) is 0. The molecule has 0 bridgehead atoms. The highest BCUT2D eigenvalue weighted by Crippen LogP contribution is 2.50. The molecule has 27 rings (SSSR count). The fourth-order valence-corrected chi connectivity index (χ4v) is 22.1. The third-order valence-electron chi connectivity index (χ3n) is 23.0. The minimum atomic E-state index is 0.931. The predicted molar refractivity (Wildman–Crippen MR) is 468 cm³/mol. The van der Waals surface area contributed by atoms with Gasteiger partial charge in [0.05, 0.1) is 49.7 Å². The zero-order chi connectivity index (χ0) is 72.3. The number of rotatable bonds is 3. The van der Waals surface area contributed by atoms with Gasteiger partial charge in [-0.25, -0.2) is 19.9 Å². The molecule has 0 aliphatic carbocycles. The Kier molecular flexibility index (Phi) is 12.7. The number of hydrogen-bond acceptors (Lipinski definition) is 8. The minimum Gasteiger partial charge on any atom is -0.309 e. The zero-order valence-corrected chi connectivity index (χ0v) is 61.3. The van der Waals surface area contributed by atoms with E-state index in [1.165, 1.54) is 159 Å². The molecule has 27 aromatic rings. The molecule has 516 valence electrons. The van der Waals surface area contributed by atoms with Crippen molar-refractivity contribution in [1.29, 1.82) is 0 Å². The Labute approximate surface area is 641 Å². The number of nitrogens with zero attached hydrogens (tertiary/aromatic N) is 11. The molecule has 0 radical (unpaired) electrons. The van der Waals surface area contributed by atoms with E-state index >= 15 is 0 Å². The van der Waals surface area contributed by atoms with E-state index in [-0.39, 0.29) is 0 Å². The molecule has 0 spiro atoms. The van der Waals surface area contributed by atoms with Crippen LogP contribution in [-0.2, 0) is 0 Å². The average molecular weight is 1470 g/mol. The van der Waals surface area contributed by atoms with E-state index in [4.69, 9.17) is 24.9 Å². The van der Waals surface area contributed by atoms with Crippen LogP contribution in [0.25, 0.3) is 225 Å². The quantitative estimate of drug-likeness (QED) is 0.164. The van der Waals surface area contributed by atoms with Gasteiger partial charge in [-0.15, -0.1) is 34.0 Å². The minimum absolute atomic E-state index is 0.931. The monoisotopic (exact) mass is 1470 g/mol. The second-order valence-electron chi connectivity index (χ2n) is 28.7. The summed E-state index contributed by atoms with van der Waals surface area (Å²) in [6.45, 7) is 0. The molecule has 111 heavy (non-hydrogen) atoms. The lowest BCUT2D eigenvalue weighted by Crippen LogP contribution is -1.95. The Morgan fingerprint density at radius 2 is 0.541 bits per heavy atom. The van der Waals surface area contributed by atoms with Gasteiger partial charge in [-0.05, 0) is 150 Å². The molecule has 14 aromatic heterocycles. The van der Waals surface area contributed by atoms with Gasteiger partial charge in [0, 0.05) is 192 Å². The van der Waals surface area contributed by atoms with Gasteiger partial charge in [0.15, 0.2) is 0 Å². The maximum Gasteiger partial charge on any atom is 0.146 e. The van der Waals surface area contributed by atoms with Gasteiger partial charge >= 0.3 is 0 Å². The molecular formula is C97H55N11S3. The van der Waals surface area contributed by atoms with Crippen molar-refractivity contribution in [2.45, 2.75) is 0 Å². The molecule has 0 fully saturated rings. The summed E-state index contributed by atoms with van der Waals surface area (Å²) in [5, 5.41) is 25.0. The number of thiophene rings is 3. The molecule has 0 aliphatic rings. The molecule has 11 nitrogen and oxygen atoms in total. The molecule has 0 amide bonds. The van der Waals surface area contributed by atoms with Gasteiger partial charge in [0.25, 0.3) is 0 Å². The molecular weight excluding hydrogens is 1420 g/mol. The van der Waals surface area contributed by atoms with E-state index < -0.39 is 0 Å². The number of aromatic nitrogens is 11. The van der Waals surface area contributed by atoms with Gasteiger partial charge in [0.1, 0.15) is 22.6 Å². The lowest BCUT2D eigenvalue weighted by molar-refractivity contribution is 1.18. The molecule has 14 heterocycles. The van der Waals surface area contributed by atoms with E-state index in [9.17, 15) is 0 Å². The van der Waals surface area contributed by atoms with Crippen LogP contribution in [0.15, 0.2) is 335 Å². The van der Waals surface area contributed by atoms with E-state index in [1.54, 1.807) is 0 Å². The van der Waals surface area contributed by atoms with Crippen LogP contribution in [0.1, 0.15) is 0 Å². The number of benzene rings is 13. The first kappa shape index (κ1) is 60.9. The van der Waals surface area contributed by atoms with Crippen LogP contribution in [-0.4, -0.2) is 51.8 Å². The topological polar surface area (TPSA) is 92.5 Å². The first-order valence-corrected chi connectivity index (χ1v) is 39.6. The maximum atomic E-state index is 4.84. The normalized spacial score (nSPS) is 12.3. The Hall–Kier alpha value is -14.2. The molecule has 0 aliphatic heterocycles. The molecule has 0 N–H and O–H groups in total. The summed E-state index contributed by atoms with van der Waals surface area (Å²) in [5.41, 5.74) is 17.8. The molecule has 0 unspecified atom stereocenters. The third-order valence-corrected chi connectivity index (χ3v) is 26.6. The largest absolute Gasteiger partial charge is 0.309 e. The molecule has 0 atom stereocenters. The maximum absolute atomic E-state index is 4.84. The van der Waals surface area contributed by atoms with Crippen LogP contribution in [0.3, 0.4) is 0 Å². The van der Waals surface area contributed by atoms with Crippen LogP contribution >= 0.6 is 34.0 Å². The fraction of sp³-hybridized carbons (Fsp3) is 0. The van der Waals surface area contributed by atoms with Crippen LogP contribution in [0, 0.1) is 0 Å². The lowest BCUT2D eigenvalue weighted by atomic mass is 10.0. The number of fused-ring (bicyclic) bond motifs is 39. The van der Waals surface area contributed by atoms with Crippen molar-refractivity contribution in [3.8, 4) is 17.1 Å². The van der Waals surface area contributed by atoms with E-state index in [1.807, 2.05) is 89.5 Å². The Balaban J connectivity index is 0.0000000947. The molecule has 0 saturated heterocycles. The predicted octanol–water partition coefficient (Wildman–Crippen LogP) is 26.1. The summed E-state index contributed by atoms with van der Waals surface area (Å²) >= 11 is 5.67. The second kappa shape index (κ2) is 23.2. The summed E-state index contributed by atoms with van der Waals surface area (Å²) in [7, 11) is 0. The lowest BCUT2D eigenvalue weighted by Gasteiger charge is -2.11. The van der Waals surface area contributed by atoms with E-state index in [0.29, 0.717) is 0 Å². The van der Waals surface area contributed by atoms with Gasteiger partial charge in [-0.1, -0.05) is 146 Å². The molecule has 0 saturated carbocycles. The standard InChI is InChI=1S/C33H19N3S.2C32H18N4S/c1-2-8-20(9-3-1)36-28-15-14-23-22-11-5-7-13-30(22)37-32(23)31(28)26-18-24-21-10-4-6-12-27(21)35-17-16-34-33(35)25(24)19-29(26)36;1-2-7-19(8-3-1)36-25-13-12-21-20-9-4-5-11-28(20)37-31(21)29(25)24-17-22-23(18-27(24)36)32-34-15-16-35(32)26-10-6-14-33-30(22)26;1-2-7-19(8-3-1)36-26-13-12-21-20-9-4-5-11-28(20)37-30(21)29(26)25-17-23-22-10-6-14-33-31(22)35-16-15-34-32(35)24(23)18-27(25)36/h1-19H;2*1-18H. The van der Waals surface area contributed by atoms with Gasteiger partial charge in [-0.3, -0.25) is 18.2 Å². The number of imidazole rings is 3. The summed E-state index contributed by atoms with van der Waals surface area (Å²) in [4.78, 5) is 23.9. The first-order valence-electron chi connectivity index (χ1n) is 37.2. The van der Waals surface area contributed by atoms with E-state index in [0.717, 1.165) is 66.5 Å². The fourth-order valence-electron chi connectivity index (χ4n) is 18.3. The Bertz CT molecular complexity index is 7870. The van der Waals surface area contributed by atoms with Crippen LogP contribution < -0.4 is 0 Å². The zero-order valence-electron chi connectivity index (χ0n) is 58.9. The van der Waals surface area contributed by atoms with Crippen LogP contribution in [0.5, 0.6) is 0 Å². The average Bonchev–Trinajstić information content (AvgIpc) is 1.56. The van der Waals surface area contributed by atoms with Crippen LogP contribution in [0.4, 0.5) is 0 Å². The van der Waals surface area contributed by atoms with Crippen molar-refractivity contribution < 1.29 is 0 Å². The van der Waals surface area contributed by atoms with Gasteiger partial charge < -0.3 is 13.7 Å². The van der Waals surface area contributed by atoms with Gasteiger partial charge in [-0.2, -0.15) is 0 Å². The van der Waals surface area contributed by atoms with Crippen molar-refractivity contribution >= 4 is 242 Å². The summed E-state index contributed by atoms with van der Waals surface area (Å²) in [6.07, 6.45) is 15.5. The third kappa shape index (κ3) is 8.63. The number of pyridine rings is 5. The second-order valence-corrected chi connectivity index (χ2v) is 31.8. The highest BCUT2D eigenvalue weighted by molar-refractivity contribution is 7.27. The highest BCUT2D eigenvalue weighted by Gasteiger charge is 2.25. The van der Waals surface area contributed by atoms with Crippen molar-refractivity contribution in [2.75, 3.05) is 0 Å². The highest BCUT2D eigenvalue weighted by atomic mass is 32.1. The summed E-state index contributed by atoms with van der Waals surface area (Å²) < 4.78 is 21.7. The Morgan fingerprint density at radius 3 is 1.03 bits per heavy atom. The SMILES string of the molecule is c1ccc(-n2c3cc4c(cc3c3c5sc6ccccc6c5ccc32)c2ccccc2n2ccnc42)cc1.c1ccc(-n2c3cc4c(cc3c3c5sc6ccccc6c5ccc32)c2cccnc2n2ccnc42)cc1.c1ccc(-n2c3cc4c(cc3c3c5sc6ccccc6c5ccc32)c2ncccc2n2ccnc42)cc1. The van der Waals surface area contributed by atoms with Crippen molar-refractivity contribution in [1.82, 2.24) is 51.8 Å². The Morgan fingerprint density at radius 1 is 0.198 bits per heavy atom. The van der Waals surface area contributed by atoms with Gasteiger partial charge in [0.2, 0.25) is 0 Å². The number of hydrogen-bond donors (Lipinski definition) is 0. The van der Waals surface area contributed by atoms with Crippen molar-refractivity contribution in [3.05, 3.63) is 335 Å². The van der Waals surface area contributed by atoms with E-state index in [2.05, 4.69) is 306 Å². The summed E-state index contributed by atoms with van der Waals surface area (Å²) in [6, 6.07) is 103. The first-order chi connectivity index (χ1) is 55.1. The van der Waals surface area contributed by atoms with Crippen LogP contribution in [0.2, 0.25) is 0 Å². The number of para-hydroxylation sites is 4. The molecule has 13 aromatic carbocycles. The molecule has 14 heteroatoms.